The number of benzene rings is 1. The van der Waals surface area contributed by atoms with Crippen LogP contribution in [-0.4, -0.2) is 38.0 Å². The Morgan fingerprint density at radius 3 is 2.29 bits per heavy atom. The first kappa shape index (κ1) is 17.3. The van der Waals surface area contributed by atoms with Gasteiger partial charge in [-0.2, -0.15) is 0 Å². The Kier molecular flexibility index (Phi) is 6.53. The van der Waals surface area contributed by atoms with Crippen molar-refractivity contribution >= 4 is 17.3 Å². The van der Waals surface area contributed by atoms with E-state index in [-0.39, 0.29) is 5.91 Å². The summed E-state index contributed by atoms with van der Waals surface area (Å²) in [6.07, 6.45) is 2.31. The molecule has 2 N–H and O–H groups in total. The average molecular weight is 291 g/mol. The number of carbonyl (C=O) groups excluding carboxylic acids is 1. The Morgan fingerprint density at radius 1 is 1.19 bits per heavy atom. The normalized spacial score (nSPS) is 10.8. The minimum atomic E-state index is 0.00911. The van der Waals surface area contributed by atoms with Gasteiger partial charge in [0, 0.05) is 32.7 Å². The zero-order chi connectivity index (χ0) is 16.0. The van der Waals surface area contributed by atoms with Crippen LogP contribution in [0.4, 0.5) is 11.4 Å². The second-order valence-electron chi connectivity index (χ2n) is 5.69. The van der Waals surface area contributed by atoms with Gasteiger partial charge in [0.05, 0.1) is 11.4 Å². The lowest BCUT2D eigenvalue weighted by Gasteiger charge is -2.29. The van der Waals surface area contributed by atoms with Crippen LogP contribution in [-0.2, 0) is 0 Å². The maximum absolute atomic E-state index is 12.1. The molecule has 0 atom stereocenters. The topological polar surface area (TPSA) is 49.6 Å². The van der Waals surface area contributed by atoms with Gasteiger partial charge in [-0.25, -0.2) is 0 Å². The highest BCUT2D eigenvalue weighted by Gasteiger charge is 2.16. The maximum Gasteiger partial charge on any atom is 0.253 e. The molecule has 0 aliphatic carbocycles. The molecule has 118 valence electrons. The van der Waals surface area contributed by atoms with Crippen molar-refractivity contribution < 1.29 is 4.79 Å². The van der Waals surface area contributed by atoms with Crippen LogP contribution in [0.2, 0.25) is 0 Å². The van der Waals surface area contributed by atoms with Crippen molar-refractivity contribution in [3.8, 4) is 0 Å². The van der Waals surface area contributed by atoms with Gasteiger partial charge in [-0.3, -0.25) is 4.79 Å². The highest BCUT2D eigenvalue weighted by atomic mass is 16.2. The summed E-state index contributed by atoms with van der Waals surface area (Å²) in [6, 6.07) is 5.55. The molecule has 0 saturated heterocycles. The minimum Gasteiger partial charge on any atom is -0.397 e. The highest BCUT2D eigenvalue weighted by Crippen LogP contribution is 2.27. The van der Waals surface area contributed by atoms with E-state index >= 15 is 0 Å². The molecule has 0 aromatic heterocycles. The van der Waals surface area contributed by atoms with Crippen molar-refractivity contribution in [1.29, 1.82) is 0 Å². The molecule has 0 aliphatic heterocycles. The van der Waals surface area contributed by atoms with E-state index in [0.717, 1.165) is 37.3 Å². The summed E-state index contributed by atoms with van der Waals surface area (Å²) in [5.74, 6) is 0.660. The zero-order valence-corrected chi connectivity index (χ0v) is 14.0. The number of amides is 1. The predicted octanol–water partition coefficient (Wildman–Crippen LogP) is 3.23. The van der Waals surface area contributed by atoms with E-state index in [1.807, 2.05) is 12.1 Å². The molecule has 1 aromatic rings. The first-order valence-electron chi connectivity index (χ1n) is 7.80. The number of rotatable bonds is 7. The van der Waals surface area contributed by atoms with Crippen LogP contribution in [0.3, 0.4) is 0 Å². The number of carbonyl (C=O) groups is 1. The Bertz CT molecular complexity index is 467. The van der Waals surface area contributed by atoms with E-state index in [1.54, 1.807) is 25.1 Å². The zero-order valence-electron chi connectivity index (χ0n) is 14.0. The second-order valence-corrected chi connectivity index (χ2v) is 5.69. The quantitative estimate of drug-likeness (QED) is 0.785. The molecule has 1 aromatic carbocycles. The molecule has 4 nitrogen and oxygen atoms in total. The summed E-state index contributed by atoms with van der Waals surface area (Å²) in [7, 11) is 3.53. The lowest BCUT2D eigenvalue weighted by atomic mass is 10.0. The van der Waals surface area contributed by atoms with Crippen LogP contribution in [0, 0.1) is 5.92 Å². The number of nitrogen functional groups attached to an aromatic ring is 1. The smallest absolute Gasteiger partial charge is 0.253 e. The van der Waals surface area contributed by atoms with E-state index < -0.39 is 0 Å². The van der Waals surface area contributed by atoms with Gasteiger partial charge in [0.2, 0.25) is 0 Å². The Hall–Kier alpha value is -1.71. The van der Waals surface area contributed by atoms with Crippen LogP contribution in [0.1, 0.15) is 44.0 Å². The summed E-state index contributed by atoms with van der Waals surface area (Å²) in [6.45, 7) is 8.44. The van der Waals surface area contributed by atoms with Crippen LogP contribution in [0.15, 0.2) is 18.2 Å². The lowest BCUT2D eigenvalue weighted by molar-refractivity contribution is 0.0827. The number of anilines is 2. The minimum absolute atomic E-state index is 0.00911. The fourth-order valence-corrected chi connectivity index (χ4v) is 2.47. The average Bonchev–Trinajstić information content (AvgIpc) is 2.49. The molecular weight excluding hydrogens is 262 g/mol. The summed E-state index contributed by atoms with van der Waals surface area (Å²) in [4.78, 5) is 16.0. The second kappa shape index (κ2) is 7.91. The van der Waals surface area contributed by atoms with Crippen molar-refractivity contribution in [2.45, 2.75) is 33.6 Å². The van der Waals surface area contributed by atoms with Crippen LogP contribution in [0.5, 0.6) is 0 Å². The molecule has 0 bridgehead atoms. The van der Waals surface area contributed by atoms with Crippen molar-refractivity contribution in [2.24, 2.45) is 5.92 Å². The van der Waals surface area contributed by atoms with Crippen LogP contribution >= 0.6 is 0 Å². The largest absolute Gasteiger partial charge is 0.397 e. The molecule has 1 rings (SSSR count). The van der Waals surface area contributed by atoms with Gasteiger partial charge < -0.3 is 15.5 Å². The maximum atomic E-state index is 12.1. The predicted molar refractivity (Wildman–Crippen MR) is 90.8 cm³/mol. The highest BCUT2D eigenvalue weighted by molar-refractivity contribution is 5.96. The number of hydrogen-bond donors (Lipinski definition) is 1. The summed E-state index contributed by atoms with van der Waals surface area (Å²) in [5, 5.41) is 0. The molecular formula is C17H29N3O. The van der Waals surface area contributed by atoms with E-state index in [9.17, 15) is 4.79 Å². The summed E-state index contributed by atoms with van der Waals surface area (Å²) in [5.41, 5.74) is 8.53. The van der Waals surface area contributed by atoms with E-state index in [1.165, 1.54) is 0 Å². The molecule has 0 heterocycles. The standard InChI is InChI=1S/C17H29N3O/c1-6-13(7-2)12-20(8-3)16-11-14(9-10-15(16)18)17(21)19(4)5/h9-11,13H,6-8,12,18H2,1-5H3. The number of nitrogens with two attached hydrogens (primary N) is 1. The molecule has 1 amide bonds. The summed E-state index contributed by atoms with van der Waals surface area (Å²) < 4.78 is 0. The van der Waals surface area contributed by atoms with Gasteiger partial charge in [0.25, 0.3) is 5.91 Å². The molecule has 0 spiro atoms. The van der Waals surface area contributed by atoms with Gasteiger partial charge in [-0.05, 0) is 31.0 Å². The Morgan fingerprint density at radius 2 is 1.81 bits per heavy atom. The fourth-order valence-electron chi connectivity index (χ4n) is 2.47. The number of hydrogen-bond acceptors (Lipinski definition) is 3. The number of nitrogens with zero attached hydrogens (tertiary/aromatic N) is 2. The Balaban J connectivity index is 3.08. The SMILES string of the molecule is CCC(CC)CN(CC)c1cc(C(=O)N(C)C)ccc1N. The van der Waals surface area contributed by atoms with Gasteiger partial charge >= 0.3 is 0 Å². The third kappa shape index (κ3) is 4.38. The third-order valence-corrected chi connectivity index (χ3v) is 4.04. The molecule has 0 saturated carbocycles. The van der Waals surface area contributed by atoms with E-state index in [0.29, 0.717) is 11.5 Å². The molecule has 4 heteroatoms. The molecule has 21 heavy (non-hydrogen) atoms. The lowest BCUT2D eigenvalue weighted by Crippen LogP contribution is -2.30. The molecule has 0 aliphatic rings. The van der Waals surface area contributed by atoms with E-state index in [4.69, 9.17) is 5.73 Å². The summed E-state index contributed by atoms with van der Waals surface area (Å²) >= 11 is 0. The van der Waals surface area contributed by atoms with E-state index in [2.05, 4.69) is 25.7 Å². The van der Waals surface area contributed by atoms with Crippen LogP contribution < -0.4 is 10.6 Å². The van der Waals surface area contributed by atoms with Crippen molar-refractivity contribution in [3.05, 3.63) is 23.8 Å². The van der Waals surface area contributed by atoms with Crippen LogP contribution in [0.25, 0.3) is 0 Å². The third-order valence-electron chi connectivity index (χ3n) is 4.04. The van der Waals surface area contributed by atoms with Gasteiger partial charge in [0.15, 0.2) is 0 Å². The first-order valence-corrected chi connectivity index (χ1v) is 7.80. The molecule has 0 radical (unpaired) electrons. The van der Waals surface area contributed by atoms with Gasteiger partial charge in [-0.15, -0.1) is 0 Å². The fraction of sp³-hybridized carbons (Fsp3) is 0.588. The van der Waals surface area contributed by atoms with Crippen molar-refractivity contribution in [3.63, 3.8) is 0 Å². The van der Waals surface area contributed by atoms with Gasteiger partial charge in [-0.1, -0.05) is 26.7 Å². The first-order chi connectivity index (χ1) is 9.94. The van der Waals surface area contributed by atoms with Gasteiger partial charge in [0.1, 0.15) is 0 Å². The molecule has 0 unspecified atom stereocenters. The van der Waals surface area contributed by atoms with Crippen molar-refractivity contribution in [2.75, 3.05) is 37.8 Å². The monoisotopic (exact) mass is 291 g/mol. The Labute approximate surface area is 128 Å². The van der Waals surface area contributed by atoms with Crippen molar-refractivity contribution in [1.82, 2.24) is 4.90 Å². The molecule has 0 fully saturated rings.